The van der Waals surface area contributed by atoms with Crippen molar-refractivity contribution in [3.8, 4) is 5.75 Å². The number of halogens is 1. The van der Waals surface area contributed by atoms with Gasteiger partial charge in [-0.15, -0.1) is 0 Å². The topological polar surface area (TPSA) is 85.4 Å². The Hall–Kier alpha value is -3.46. The summed E-state index contributed by atoms with van der Waals surface area (Å²) in [6, 6.07) is 11.0. The van der Waals surface area contributed by atoms with Crippen molar-refractivity contribution in [3.05, 3.63) is 59.4 Å². The van der Waals surface area contributed by atoms with Gasteiger partial charge in [0.1, 0.15) is 18.2 Å². The summed E-state index contributed by atoms with van der Waals surface area (Å²) in [5.41, 5.74) is 1.05. The fourth-order valence-corrected chi connectivity index (χ4v) is 4.13. The Morgan fingerprint density at radius 1 is 1.03 bits per heavy atom. The molecule has 2 aliphatic rings. The molecule has 0 saturated carbocycles. The zero-order valence-electron chi connectivity index (χ0n) is 19.7. The SMILES string of the molecule is CC(=O)c1ccc(N2CCN(C(=O)COC(=O)c3ccc(OC[C@H]4CCCO4)cc3)CC2)c(F)c1. The maximum Gasteiger partial charge on any atom is 0.338 e. The summed E-state index contributed by atoms with van der Waals surface area (Å²) >= 11 is 0. The average molecular weight is 485 g/mol. The standard InChI is InChI=1S/C26H29FN2O6/c1-18(30)20-6-9-24(23(27)15-20)28-10-12-29(13-11-28)25(31)17-35-26(32)19-4-7-21(8-5-19)34-16-22-3-2-14-33-22/h4-9,15,22H,2-3,10-14,16-17H2,1H3/t22-/m1/s1. The van der Waals surface area contributed by atoms with Crippen LogP contribution >= 0.6 is 0 Å². The number of hydrogen-bond donors (Lipinski definition) is 0. The van der Waals surface area contributed by atoms with Crippen molar-refractivity contribution in [3.63, 3.8) is 0 Å². The van der Waals surface area contributed by atoms with Gasteiger partial charge < -0.3 is 24.0 Å². The van der Waals surface area contributed by atoms with Crippen molar-refractivity contribution >= 4 is 23.3 Å². The van der Waals surface area contributed by atoms with Crippen LogP contribution in [0.25, 0.3) is 0 Å². The molecule has 0 aromatic heterocycles. The first-order valence-corrected chi connectivity index (χ1v) is 11.8. The van der Waals surface area contributed by atoms with E-state index in [-0.39, 0.29) is 24.4 Å². The summed E-state index contributed by atoms with van der Waals surface area (Å²) in [7, 11) is 0. The molecule has 1 amide bonds. The van der Waals surface area contributed by atoms with Gasteiger partial charge in [-0.1, -0.05) is 0 Å². The normalized spacial score (nSPS) is 17.8. The van der Waals surface area contributed by atoms with Crippen LogP contribution in [-0.2, 0) is 14.3 Å². The predicted octanol–water partition coefficient (Wildman–Crippen LogP) is 3.09. The molecule has 0 radical (unpaired) electrons. The lowest BCUT2D eigenvalue weighted by Crippen LogP contribution is -2.50. The summed E-state index contributed by atoms with van der Waals surface area (Å²) in [4.78, 5) is 39.7. The van der Waals surface area contributed by atoms with Gasteiger partial charge in [0.2, 0.25) is 0 Å². The molecule has 4 rings (SSSR count). The highest BCUT2D eigenvalue weighted by atomic mass is 19.1. The highest BCUT2D eigenvalue weighted by Crippen LogP contribution is 2.22. The molecule has 0 aliphatic carbocycles. The van der Waals surface area contributed by atoms with E-state index in [9.17, 15) is 18.8 Å². The van der Waals surface area contributed by atoms with Crippen LogP contribution in [0.15, 0.2) is 42.5 Å². The largest absolute Gasteiger partial charge is 0.491 e. The molecule has 0 unspecified atom stereocenters. The van der Waals surface area contributed by atoms with Gasteiger partial charge in [0.05, 0.1) is 17.4 Å². The van der Waals surface area contributed by atoms with E-state index < -0.39 is 11.8 Å². The second-order valence-electron chi connectivity index (χ2n) is 8.64. The molecule has 2 aromatic rings. The Bertz CT molecular complexity index is 1060. The fraction of sp³-hybridized carbons (Fsp3) is 0.423. The zero-order chi connectivity index (χ0) is 24.8. The molecular weight excluding hydrogens is 455 g/mol. The second-order valence-corrected chi connectivity index (χ2v) is 8.64. The molecule has 8 nitrogen and oxygen atoms in total. The lowest BCUT2D eigenvalue weighted by atomic mass is 10.1. The van der Waals surface area contributed by atoms with E-state index in [1.54, 1.807) is 41.3 Å². The van der Waals surface area contributed by atoms with Crippen LogP contribution in [0.1, 0.15) is 40.5 Å². The molecule has 1 atom stereocenters. The molecule has 186 valence electrons. The monoisotopic (exact) mass is 484 g/mol. The maximum absolute atomic E-state index is 14.4. The van der Waals surface area contributed by atoms with Gasteiger partial charge >= 0.3 is 5.97 Å². The van der Waals surface area contributed by atoms with Crippen molar-refractivity contribution in [2.24, 2.45) is 0 Å². The van der Waals surface area contributed by atoms with Crippen LogP contribution in [0.3, 0.4) is 0 Å². The molecule has 0 bridgehead atoms. The van der Waals surface area contributed by atoms with E-state index >= 15 is 0 Å². The smallest absolute Gasteiger partial charge is 0.338 e. The van der Waals surface area contributed by atoms with Crippen LogP contribution in [0.5, 0.6) is 5.75 Å². The summed E-state index contributed by atoms with van der Waals surface area (Å²) < 4.78 is 30.8. The number of carbonyl (C=O) groups excluding carboxylic acids is 3. The Labute approximate surface area is 203 Å². The molecule has 2 heterocycles. The number of rotatable bonds is 8. The quantitative estimate of drug-likeness (QED) is 0.421. The van der Waals surface area contributed by atoms with Crippen molar-refractivity contribution < 1.29 is 33.0 Å². The molecule has 2 fully saturated rings. The second kappa shape index (κ2) is 11.3. The van der Waals surface area contributed by atoms with Gasteiger partial charge in [0, 0.05) is 38.3 Å². The molecule has 0 N–H and O–H groups in total. The van der Waals surface area contributed by atoms with Crippen molar-refractivity contribution in [1.82, 2.24) is 4.90 Å². The number of benzene rings is 2. The number of hydrogen-bond acceptors (Lipinski definition) is 7. The van der Waals surface area contributed by atoms with Crippen LogP contribution in [0.2, 0.25) is 0 Å². The predicted molar refractivity (Wildman–Crippen MR) is 126 cm³/mol. The number of nitrogens with zero attached hydrogens (tertiary/aromatic N) is 2. The third-order valence-corrected chi connectivity index (χ3v) is 6.20. The van der Waals surface area contributed by atoms with E-state index in [1.807, 2.05) is 4.90 Å². The first-order chi connectivity index (χ1) is 16.9. The third-order valence-electron chi connectivity index (χ3n) is 6.20. The summed E-state index contributed by atoms with van der Waals surface area (Å²) in [6.45, 7) is 3.89. The van der Waals surface area contributed by atoms with E-state index in [0.717, 1.165) is 19.4 Å². The first-order valence-electron chi connectivity index (χ1n) is 11.8. The van der Waals surface area contributed by atoms with Gasteiger partial charge in [-0.05, 0) is 62.2 Å². The minimum Gasteiger partial charge on any atom is -0.491 e. The van der Waals surface area contributed by atoms with E-state index in [1.165, 1.54) is 13.0 Å². The van der Waals surface area contributed by atoms with Gasteiger partial charge in [-0.2, -0.15) is 0 Å². The summed E-state index contributed by atoms with van der Waals surface area (Å²) in [5.74, 6) is -0.913. The first kappa shape index (κ1) is 24.7. The van der Waals surface area contributed by atoms with E-state index in [2.05, 4.69) is 0 Å². The Balaban J connectivity index is 1.21. The van der Waals surface area contributed by atoms with E-state index in [0.29, 0.717) is 55.3 Å². The third kappa shape index (κ3) is 6.36. The minimum absolute atomic E-state index is 0.110. The van der Waals surface area contributed by atoms with Crippen LogP contribution < -0.4 is 9.64 Å². The number of piperazine rings is 1. The highest BCUT2D eigenvalue weighted by Gasteiger charge is 2.24. The van der Waals surface area contributed by atoms with Crippen LogP contribution in [-0.4, -0.2) is 74.7 Å². The number of Topliss-reactive ketones (excluding diaryl/α,β-unsaturated/α-hetero) is 1. The van der Waals surface area contributed by atoms with Crippen molar-refractivity contribution in [2.75, 3.05) is 50.9 Å². The Morgan fingerprint density at radius 3 is 2.37 bits per heavy atom. The Morgan fingerprint density at radius 2 is 1.74 bits per heavy atom. The lowest BCUT2D eigenvalue weighted by Gasteiger charge is -2.36. The number of amides is 1. The molecular formula is C26H29FN2O6. The number of carbonyl (C=O) groups is 3. The molecule has 2 aliphatic heterocycles. The summed E-state index contributed by atoms with van der Waals surface area (Å²) in [5, 5.41) is 0. The van der Waals surface area contributed by atoms with Crippen LogP contribution in [0, 0.1) is 5.82 Å². The molecule has 0 spiro atoms. The van der Waals surface area contributed by atoms with Gasteiger partial charge in [-0.25, -0.2) is 9.18 Å². The lowest BCUT2D eigenvalue weighted by molar-refractivity contribution is -0.134. The molecule has 35 heavy (non-hydrogen) atoms. The number of esters is 1. The zero-order valence-corrected chi connectivity index (χ0v) is 19.7. The minimum atomic E-state index is -0.588. The van der Waals surface area contributed by atoms with Crippen molar-refractivity contribution in [1.29, 1.82) is 0 Å². The highest BCUT2D eigenvalue weighted by molar-refractivity contribution is 5.94. The molecule has 2 saturated heterocycles. The maximum atomic E-state index is 14.4. The number of anilines is 1. The number of ether oxygens (including phenoxy) is 3. The fourth-order valence-electron chi connectivity index (χ4n) is 4.13. The van der Waals surface area contributed by atoms with Gasteiger partial charge in [0.15, 0.2) is 12.4 Å². The summed E-state index contributed by atoms with van der Waals surface area (Å²) in [6.07, 6.45) is 2.14. The molecule has 2 aromatic carbocycles. The van der Waals surface area contributed by atoms with E-state index in [4.69, 9.17) is 14.2 Å². The average Bonchev–Trinajstić information content (AvgIpc) is 3.40. The van der Waals surface area contributed by atoms with Gasteiger partial charge in [0.25, 0.3) is 5.91 Å². The van der Waals surface area contributed by atoms with Crippen molar-refractivity contribution in [2.45, 2.75) is 25.9 Å². The number of ketones is 1. The van der Waals surface area contributed by atoms with Crippen LogP contribution in [0.4, 0.5) is 10.1 Å². The Kier molecular flexibility index (Phi) is 7.97. The molecule has 9 heteroatoms. The van der Waals surface area contributed by atoms with Gasteiger partial charge in [-0.3, -0.25) is 9.59 Å².